The highest BCUT2D eigenvalue weighted by Crippen LogP contribution is 2.29. The van der Waals surface area contributed by atoms with Gasteiger partial charge in [-0.15, -0.1) is 0 Å². The van der Waals surface area contributed by atoms with Crippen LogP contribution in [-0.4, -0.2) is 44.5 Å². The number of anilines is 1. The van der Waals surface area contributed by atoms with Crippen LogP contribution in [0.3, 0.4) is 0 Å². The topological polar surface area (TPSA) is 54.6 Å². The fraction of sp³-hybridized carbons (Fsp3) is 0.409. The van der Waals surface area contributed by atoms with Crippen LogP contribution in [0.15, 0.2) is 47.3 Å². The molecule has 1 aromatic heterocycles. The van der Waals surface area contributed by atoms with Gasteiger partial charge in [0.15, 0.2) is 0 Å². The van der Waals surface area contributed by atoms with Gasteiger partial charge in [-0.2, -0.15) is 0 Å². The molecule has 0 spiro atoms. The lowest BCUT2D eigenvalue weighted by Crippen LogP contribution is -2.36. The predicted octanol–water partition coefficient (Wildman–Crippen LogP) is 3.72. The van der Waals surface area contributed by atoms with Crippen LogP contribution in [0.5, 0.6) is 0 Å². The zero-order valence-corrected chi connectivity index (χ0v) is 16.6. The smallest absolute Gasteiger partial charge is 0.267 e. The van der Waals surface area contributed by atoms with E-state index in [1.54, 1.807) is 6.07 Å². The molecular formula is C22H25ClN2O3. The lowest BCUT2D eigenvalue weighted by Gasteiger charge is -2.29. The minimum atomic E-state index is -0.262. The first-order chi connectivity index (χ1) is 13.7. The average molecular weight is 401 g/mol. The molecule has 0 atom stereocenters. The molecule has 6 heteroatoms. The molecule has 2 saturated heterocycles. The van der Waals surface area contributed by atoms with Gasteiger partial charge in [-0.05, 0) is 48.6 Å². The third kappa shape index (κ3) is 4.49. The number of ether oxygens (including phenoxy) is 2. The first-order valence-electron chi connectivity index (χ1n) is 9.82. The quantitative estimate of drug-likeness (QED) is 0.849. The number of aromatic nitrogens is 1. The second-order valence-electron chi connectivity index (χ2n) is 7.23. The summed E-state index contributed by atoms with van der Waals surface area (Å²) in [6.45, 7) is 4.91. The Hall–Kier alpha value is -2.08. The van der Waals surface area contributed by atoms with E-state index < -0.39 is 0 Å². The molecule has 3 heterocycles. The summed E-state index contributed by atoms with van der Waals surface area (Å²) in [6, 6.07) is 12.1. The van der Waals surface area contributed by atoms with Gasteiger partial charge in [0, 0.05) is 43.3 Å². The van der Waals surface area contributed by atoms with Crippen molar-refractivity contribution in [3.63, 3.8) is 0 Å². The van der Waals surface area contributed by atoms with E-state index in [4.69, 9.17) is 21.1 Å². The fourth-order valence-corrected chi connectivity index (χ4v) is 3.86. The molecular weight excluding hydrogens is 376 g/mol. The maximum Gasteiger partial charge on any atom is 0.267 e. The number of allylic oxidation sites excluding steroid dienone is 1. The number of benzene rings is 1. The Labute approximate surface area is 169 Å². The third-order valence-corrected chi connectivity index (χ3v) is 5.67. The molecule has 0 bridgehead atoms. The number of aromatic amines is 1. The zero-order valence-electron chi connectivity index (χ0n) is 15.8. The highest BCUT2D eigenvalue weighted by molar-refractivity contribution is 6.30. The van der Waals surface area contributed by atoms with Crippen molar-refractivity contribution in [2.45, 2.75) is 12.8 Å². The van der Waals surface area contributed by atoms with Crippen molar-refractivity contribution in [1.29, 1.82) is 0 Å². The Morgan fingerprint density at radius 3 is 2.36 bits per heavy atom. The van der Waals surface area contributed by atoms with Gasteiger partial charge >= 0.3 is 0 Å². The summed E-state index contributed by atoms with van der Waals surface area (Å²) in [6.07, 6.45) is 4.26. The van der Waals surface area contributed by atoms with Gasteiger partial charge < -0.3 is 19.4 Å². The Morgan fingerprint density at radius 1 is 1.00 bits per heavy atom. The summed E-state index contributed by atoms with van der Waals surface area (Å²) in [5.41, 5.74) is 3.85. The summed E-state index contributed by atoms with van der Waals surface area (Å²) in [7, 11) is 0. The SMILES string of the molecule is O=c1[nH]c(/C(=C/C2CCOCC2)c2ccc(N3CCOCC3)cc2)ccc1Cl. The van der Waals surface area contributed by atoms with Crippen LogP contribution < -0.4 is 10.5 Å². The van der Waals surface area contributed by atoms with Crippen molar-refractivity contribution in [3.8, 4) is 0 Å². The summed E-state index contributed by atoms with van der Waals surface area (Å²) in [5, 5.41) is 0.205. The summed E-state index contributed by atoms with van der Waals surface area (Å²) < 4.78 is 10.9. The standard InChI is InChI=1S/C22H25ClN2O3/c23-20-5-6-21(24-22(20)26)19(15-16-7-11-27-12-8-16)17-1-3-18(4-2-17)25-9-13-28-14-10-25/h1-6,15-16H,7-14H2,(H,24,26)/b19-15+. The molecule has 4 rings (SSSR count). The average Bonchev–Trinajstić information content (AvgIpc) is 2.76. The van der Waals surface area contributed by atoms with Crippen LogP contribution in [-0.2, 0) is 9.47 Å². The first-order valence-corrected chi connectivity index (χ1v) is 10.2. The minimum absolute atomic E-state index is 0.205. The molecule has 2 aliphatic rings. The van der Waals surface area contributed by atoms with E-state index in [0.717, 1.165) is 69.2 Å². The van der Waals surface area contributed by atoms with E-state index >= 15 is 0 Å². The van der Waals surface area contributed by atoms with Gasteiger partial charge in [-0.3, -0.25) is 4.79 Å². The van der Waals surface area contributed by atoms with Crippen LogP contribution in [0.1, 0.15) is 24.1 Å². The Bertz CT molecular complexity index is 879. The van der Waals surface area contributed by atoms with E-state index in [1.165, 1.54) is 5.69 Å². The van der Waals surface area contributed by atoms with Crippen molar-refractivity contribution in [2.75, 3.05) is 44.4 Å². The third-order valence-electron chi connectivity index (χ3n) is 5.37. The minimum Gasteiger partial charge on any atom is -0.381 e. The van der Waals surface area contributed by atoms with E-state index in [1.807, 2.05) is 6.07 Å². The largest absolute Gasteiger partial charge is 0.381 e. The van der Waals surface area contributed by atoms with Crippen molar-refractivity contribution in [1.82, 2.24) is 4.98 Å². The summed E-state index contributed by atoms with van der Waals surface area (Å²) in [4.78, 5) is 17.3. The molecule has 2 aromatic rings. The molecule has 0 saturated carbocycles. The number of pyridine rings is 1. The Morgan fingerprint density at radius 2 is 1.68 bits per heavy atom. The van der Waals surface area contributed by atoms with Gasteiger partial charge in [0.1, 0.15) is 5.02 Å². The molecule has 1 aromatic carbocycles. The van der Waals surface area contributed by atoms with Crippen molar-refractivity contribution < 1.29 is 9.47 Å². The van der Waals surface area contributed by atoms with E-state index in [2.05, 4.69) is 40.2 Å². The number of hydrogen-bond donors (Lipinski definition) is 1. The van der Waals surface area contributed by atoms with E-state index in [0.29, 0.717) is 5.92 Å². The van der Waals surface area contributed by atoms with Gasteiger partial charge in [-0.25, -0.2) is 0 Å². The van der Waals surface area contributed by atoms with E-state index in [9.17, 15) is 4.79 Å². The van der Waals surface area contributed by atoms with Crippen molar-refractivity contribution in [2.24, 2.45) is 5.92 Å². The van der Waals surface area contributed by atoms with Crippen molar-refractivity contribution >= 4 is 22.9 Å². The van der Waals surface area contributed by atoms with Crippen LogP contribution in [0.4, 0.5) is 5.69 Å². The highest BCUT2D eigenvalue weighted by atomic mass is 35.5. The normalized spacial score (nSPS) is 19.0. The molecule has 0 amide bonds. The van der Waals surface area contributed by atoms with Crippen LogP contribution >= 0.6 is 11.6 Å². The molecule has 0 radical (unpaired) electrons. The lowest BCUT2D eigenvalue weighted by atomic mass is 9.92. The fourth-order valence-electron chi connectivity index (χ4n) is 3.75. The Kier molecular flexibility index (Phi) is 6.15. The molecule has 0 aliphatic carbocycles. The maximum absolute atomic E-state index is 12.1. The number of halogens is 1. The number of nitrogens with one attached hydrogen (secondary N) is 1. The lowest BCUT2D eigenvalue weighted by molar-refractivity contribution is 0.0786. The maximum atomic E-state index is 12.1. The van der Waals surface area contributed by atoms with E-state index in [-0.39, 0.29) is 10.6 Å². The van der Waals surface area contributed by atoms with Crippen molar-refractivity contribution in [3.05, 3.63) is 69.1 Å². The van der Waals surface area contributed by atoms with Gasteiger partial charge in [-0.1, -0.05) is 29.8 Å². The van der Waals surface area contributed by atoms with Crippen LogP contribution in [0, 0.1) is 5.92 Å². The number of hydrogen-bond acceptors (Lipinski definition) is 4. The van der Waals surface area contributed by atoms with Crippen LogP contribution in [0.25, 0.3) is 5.57 Å². The molecule has 28 heavy (non-hydrogen) atoms. The molecule has 0 unspecified atom stereocenters. The number of nitrogens with zero attached hydrogens (tertiary/aromatic N) is 1. The number of morpholine rings is 1. The molecule has 148 valence electrons. The highest BCUT2D eigenvalue weighted by Gasteiger charge is 2.16. The molecule has 5 nitrogen and oxygen atoms in total. The number of H-pyrrole nitrogens is 1. The zero-order chi connectivity index (χ0) is 19.3. The van der Waals surface area contributed by atoms with Gasteiger partial charge in [0.25, 0.3) is 5.56 Å². The van der Waals surface area contributed by atoms with Gasteiger partial charge in [0.05, 0.1) is 13.2 Å². The molecule has 2 fully saturated rings. The monoisotopic (exact) mass is 400 g/mol. The second-order valence-corrected chi connectivity index (χ2v) is 7.63. The first kappa shape index (κ1) is 19.2. The summed E-state index contributed by atoms with van der Waals surface area (Å²) in [5.74, 6) is 0.432. The van der Waals surface area contributed by atoms with Crippen LogP contribution in [0.2, 0.25) is 5.02 Å². The molecule has 2 aliphatic heterocycles. The predicted molar refractivity (Wildman–Crippen MR) is 112 cm³/mol. The number of rotatable bonds is 4. The van der Waals surface area contributed by atoms with Gasteiger partial charge in [0.2, 0.25) is 0 Å². The molecule has 1 N–H and O–H groups in total. The summed E-state index contributed by atoms with van der Waals surface area (Å²) >= 11 is 5.93. The second kappa shape index (κ2) is 8.95. The Balaban J connectivity index is 1.67.